The molecule has 4 heterocycles. The van der Waals surface area contributed by atoms with Gasteiger partial charge in [0.1, 0.15) is 11.7 Å². The molecular weight excluding hydrogens is 598 g/mol. The van der Waals surface area contributed by atoms with Gasteiger partial charge < -0.3 is 4.40 Å². The molecule has 0 spiro atoms. The molecule has 10 heteroatoms. The standard InChI is InChI=1S/C33H26ClN5O2S2/c34-27-12-9-23(10-13-27)33-28(22-37-15-17-38(18-16-37)43(40,41)31-8-4-2-6-25(31)20-35)39-21-26(11-14-32(39)36-33)30-19-24-5-1-3-7-29(24)42-30/h1-14,19,21H,15-18,22H2. The summed E-state index contributed by atoms with van der Waals surface area (Å²) in [6.07, 6.45) is 2.15. The number of hydrogen-bond donors (Lipinski definition) is 0. The minimum absolute atomic E-state index is 0.0616. The Kier molecular flexibility index (Phi) is 7.25. The molecule has 1 aliphatic heterocycles. The molecular formula is C33H26ClN5O2S2. The average molecular weight is 624 g/mol. The lowest BCUT2D eigenvalue weighted by Gasteiger charge is -2.34. The highest BCUT2D eigenvalue weighted by atomic mass is 35.5. The van der Waals surface area contributed by atoms with Crippen molar-refractivity contribution in [2.24, 2.45) is 0 Å². The van der Waals surface area contributed by atoms with Crippen LogP contribution < -0.4 is 0 Å². The fraction of sp³-hybridized carbons (Fsp3) is 0.152. The molecule has 0 radical (unpaired) electrons. The van der Waals surface area contributed by atoms with Gasteiger partial charge in [-0.05, 0) is 53.9 Å². The molecule has 6 aromatic rings. The number of benzene rings is 3. The van der Waals surface area contributed by atoms with Crippen LogP contribution in [0.15, 0.2) is 102 Å². The van der Waals surface area contributed by atoms with E-state index in [0.717, 1.165) is 28.2 Å². The van der Waals surface area contributed by atoms with Crippen LogP contribution in [-0.2, 0) is 16.6 Å². The van der Waals surface area contributed by atoms with Crippen molar-refractivity contribution in [2.45, 2.75) is 11.4 Å². The van der Waals surface area contributed by atoms with Crippen molar-refractivity contribution in [2.75, 3.05) is 26.2 Å². The van der Waals surface area contributed by atoms with Crippen molar-refractivity contribution in [3.05, 3.63) is 113 Å². The molecule has 1 aliphatic rings. The lowest BCUT2D eigenvalue weighted by molar-refractivity contribution is 0.180. The van der Waals surface area contributed by atoms with E-state index in [1.54, 1.807) is 29.5 Å². The summed E-state index contributed by atoms with van der Waals surface area (Å²) in [5.74, 6) is 0. The second kappa shape index (κ2) is 11.2. The Morgan fingerprint density at radius 2 is 1.60 bits per heavy atom. The molecule has 7 nitrogen and oxygen atoms in total. The van der Waals surface area contributed by atoms with Crippen LogP contribution in [0.4, 0.5) is 0 Å². The molecule has 7 rings (SSSR count). The minimum atomic E-state index is -3.77. The first-order valence-corrected chi connectivity index (χ1v) is 16.5. The van der Waals surface area contributed by atoms with Gasteiger partial charge in [0, 0.05) is 64.6 Å². The zero-order valence-electron chi connectivity index (χ0n) is 23.0. The summed E-state index contributed by atoms with van der Waals surface area (Å²) < 4.78 is 31.7. The maximum atomic E-state index is 13.4. The molecule has 214 valence electrons. The lowest BCUT2D eigenvalue weighted by atomic mass is 10.1. The van der Waals surface area contributed by atoms with Crippen LogP contribution in [0, 0.1) is 11.3 Å². The number of rotatable bonds is 6. The Morgan fingerprint density at radius 3 is 2.37 bits per heavy atom. The van der Waals surface area contributed by atoms with Gasteiger partial charge >= 0.3 is 0 Å². The van der Waals surface area contributed by atoms with Gasteiger partial charge in [-0.15, -0.1) is 11.3 Å². The molecule has 0 atom stereocenters. The second-order valence-electron chi connectivity index (χ2n) is 10.5. The number of halogens is 1. The fourth-order valence-electron chi connectivity index (χ4n) is 5.62. The molecule has 0 amide bonds. The minimum Gasteiger partial charge on any atom is -0.301 e. The van der Waals surface area contributed by atoms with Crippen LogP contribution in [0.2, 0.25) is 5.02 Å². The fourth-order valence-corrected chi connectivity index (χ4v) is 8.36. The Hall–Kier alpha value is -4.04. The Morgan fingerprint density at radius 1 is 0.884 bits per heavy atom. The predicted molar refractivity (Wildman–Crippen MR) is 172 cm³/mol. The number of nitriles is 1. The molecule has 43 heavy (non-hydrogen) atoms. The van der Waals surface area contributed by atoms with Crippen molar-refractivity contribution in [1.82, 2.24) is 18.6 Å². The number of piperazine rings is 1. The third-order valence-corrected chi connectivity index (χ3v) is 11.2. The van der Waals surface area contributed by atoms with Gasteiger partial charge in [0.2, 0.25) is 10.0 Å². The molecule has 0 saturated carbocycles. The van der Waals surface area contributed by atoms with E-state index in [1.807, 2.05) is 30.3 Å². The number of imidazole rings is 1. The number of sulfonamides is 1. The molecule has 0 unspecified atom stereocenters. The number of aromatic nitrogens is 2. The summed E-state index contributed by atoms with van der Waals surface area (Å²) in [4.78, 5) is 8.54. The van der Waals surface area contributed by atoms with Crippen LogP contribution in [0.25, 0.3) is 37.4 Å². The summed E-state index contributed by atoms with van der Waals surface area (Å²) >= 11 is 7.97. The van der Waals surface area contributed by atoms with Gasteiger partial charge in [0.25, 0.3) is 0 Å². The second-order valence-corrected chi connectivity index (χ2v) is 13.9. The third kappa shape index (κ3) is 5.22. The SMILES string of the molecule is N#Cc1ccccc1S(=O)(=O)N1CCN(Cc2c(-c3ccc(Cl)cc3)nc3ccc(-c4cc5ccccc5s4)cn23)CC1. The number of nitrogens with zero attached hydrogens (tertiary/aromatic N) is 5. The monoisotopic (exact) mass is 623 g/mol. The van der Waals surface area contributed by atoms with Crippen LogP contribution in [-0.4, -0.2) is 53.2 Å². The van der Waals surface area contributed by atoms with E-state index in [1.165, 1.54) is 25.3 Å². The molecule has 3 aromatic carbocycles. The number of pyridine rings is 1. The summed E-state index contributed by atoms with van der Waals surface area (Å²) in [7, 11) is -3.77. The Bertz CT molecular complexity index is 2090. The summed E-state index contributed by atoms with van der Waals surface area (Å²) in [6, 6.07) is 30.9. The van der Waals surface area contributed by atoms with E-state index in [2.05, 4.69) is 58.0 Å². The van der Waals surface area contributed by atoms with Crippen molar-refractivity contribution >= 4 is 48.7 Å². The highest BCUT2D eigenvalue weighted by molar-refractivity contribution is 7.89. The van der Waals surface area contributed by atoms with E-state index in [4.69, 9.17) is 16.6 Å². The molecule has 0 bridgehead atoms. The van der Waals surface area contributed by atoms with Gasteiger partial charge in [0.15, 0.2) is 0 Å². The van der Waals surface area contributed by atoms with Gasteiger partial charge in [-0.2, -0.15) is 9.57 Å². The van der Waals surface area contributed by atoms with Gasteiger partial charge in [-0.3, -0.25) is 4.90 Å². The van der Waals surface area contributed by atoms with Crippen LogP contribution in [0.1, 0.15) is 11.3 Å². The topological polar surface area (TPSA) is 81.7 Å². The first-order valence-electron chi connectivity index (χ1n) is 13.9. The quantitative estimate of drug-likeness (QED) is 0.201. The molecule has 3 aromatic heterocycles. The maximum Gasteiger partial charge on any atom is 0.244 e. The van der Waals surface area contributed by atoms with Crippen molar-refractivity contribution in [3.63, 3.8) is 0 Å². The summed E-state index contributed by atoms with van der Waals surface area (Å²) in [5, 5.41) is 11.3. The first-order chi connectivity index (χ1) is 20.9. The lowest BCUT2D eigenvalue weighted by Crippen LogP contribution is -2.48. The van der Waals surface area contributed by atoms with Gasteiger partial charge in [-0.1, -0.05) is 54.1 Å². The molecule has 1 saturated heterocycles. The van der Waals surface area contributed by atoms with E-state index >= 15 is 0 Å². The number of fused-ring (bicyclic) bond motifs is 2. The molecule has 0 aliphatic carbocycles. The van der Waals surface area contributed by atoms with E-state index < -0.39 is 10.0 Å². The normalized spacial score (nSPS) is 14.8. The largest absolute Gasteiger partial charge is 0.301 e. The van der Waals surface area contributed by atoms with Gasteiger partial charge in [-0.25, -0.2) is 13.4 Å². The Balaban J connectivity index is 1.21. The zero-order chi connectivity index (χ0) is 29.6. The highest BCUT2D eigenvalue weighted by Crippen LogP contribution is 2.35. The van der Waals surface area contributed by atoms with Crippen molar-refractivity contribution in [3.8, 4) is 27.8 Å². The van der Waals surface area contributed by atoms with Crippen LogP contribution in [0.5, 0.6) is 0 Å². The van der Waals surface area contributed by atoms with Crippen molar-refractivity contribution in [1.29, 1.82) is 5.26 Å². The predicted octanol–water partition coefficient (Wildman–Crippen LogP) is 6.91. The molecule has 0 N–H and O–H groups in total. The van der Waals surface area contributed by atoms with Crippen LogP contribution in [0.3, 0.4) is 0 Å². The van der Waals surface area contributed by atoms with Crippen LogP contribution >= 0.6 is 22.9 Å². The first kappa shape index (κ1) is 27.8. The van der Waals surface area contributed by atoms with E-state index in [9.17, 15) is 13.7 Å². The molecule has 1 fully saturated rings. The Labute approximate surface area is 258 Å². The third-order valence-electron chi connectivity index (χ3n) is 7.88. The number of hydrogen-bond acceptors (Lipinski definition) is 6. The maximum absolute atomic E-state index is 13.4. The van der Waals surface area contributed by atoms with Gasteiger partial charge in [0.05, 0.1) is 21.8 Å². The number of thiophene rings is 1. The van der Waals surface area contributed by atoms with E-state index in [-0.39, 0.29) is 10.5 Å². The van der Waals surface area contributed by atoms with E-state index in [0.29, 0.717) is 37.7 Å². The average Bonchev–Trinajstić information content (AvgIpc) is 3.63. The summed E-state index contributed by atoms with van der Waals surface area (Å²) in [5.41, 5.74) is 5.01. The summed E-state index contributed by atoms with van der Waals surface area (Å²) in [6.45, 7) is 2.37. The highest BCUT2D eigenvalue weighted by Gasteiger charge is 2.31. The zero-order valence-corrected chi connectivity index (χ0v) is 25.4. The van der Waals surface area contributed by atoms with Crippen molar-refractivity contribution < 1.29 is 8.42 Å². The smallest absolute Gasteiger partial charge is 0.244 e.